The van der Waals surface area contributed by atoms with Crippen molar-refractivity contribution in [3.05, 3.63) is 54.6 Å². The van der Waals surface area contributed by atoms with Crippen molar-refractivity contribution in [2.75, 3.05) is 31.6 Å². The van der Waals surface area contributed by atoms with Crippen LogP contribution in [0, 0.1) is 11.7 Å². The molecule has 3 rings (SSSR count). The van der Waals surface area contributed by atoms with E-state index in [2.05, 4.69) is 15.2 Å². The Morgan fingerprint density at radius 3 is 3.08 bits per heavy atom. The summed E-state index contributed by atoms with van der Waals surface area (Å²) in [4.78, 5) is 18.3. The first-order chi connectivity index (χ1) is 12.7. The van der Waals surface area contributed by atoms with Crippen LogP contribution >= 0.6 is 0 Å². The average Bonchev–Trinajstić information content (AvgIpc) is 2.66. The SMILES string of the molecule is O=C(CCN1CCCC(COc2cccc(F)c2)C1)Nc1cccnc1. The number of nitrogens with zero attached hydrogens (tertiary/aromatic N) is 2. The van der Waals surface area contributed by atoms with E-state index < -0.39 is 0 Å². The van der Waals surface area contributed by atoms with Crippen LogP contribution in [-0.4, -0.2) is 42.0 Å². The number of rotatable bonds is 7. The molecule has 0 aliphatic carbocycles. The number of anilines is 1. The molecular weight excluding hydrogens is 333 g/mol. The fourth-order valence-electron chi connectivity index (χ4n) is 3.18. The molecule has 1 amide bonds. The fourth-order valence-corrected chi connectivity index (χ4v) is 3.18. The molecule has 0 radical (unpaired) electrons. The first-order valence-corrected chi connectivity index (χ1v) is 8.99. The third-order valence-corrected chi connectivity index (χ3v) is 4.49. The lowest BCUT2D eigenvalue weighted by Gasteiger charge is -2.32. The van der Waals surface area contributed by atoms with E-state index in [0.717, 1.165) is 38.2 Å². The van der Waals surface area contributed by atoms with Crippen molar-refractivity contribution in [1.29, 1.82) is 0 Å². The van der Waals surface area contributed by atoms with Crippen LogP contribution in [-0.2, 0) is 4.79 Å². The number of ether oxygens (including phenoxy) is 1. The van der Waals surface area contributed by atoms with E-state index in [1.54, 1.807) is 30.6 Å². The Bertz CT molecular complexity index is 711. The lowest BCUT2D eigenvalue weighted by molar-refractivity contribution is -0.116. The molecule has 2 heterocycles. The molecule has 0 bridgehead atoms. The Morgan fingerprint density at radius 2 is 2.27 bits per heavy atom. The predicted molar refractivity (Wildman–Crippen MR) is 98.5 cm³/mol. The number of benzene rings is 1. The fraction of sp³-hybridized carbons (Fsp3) is 0.400. The lowest BCUT2D eigenvalue weighted by Crippen LogP contribution is -2.39. The summed E-state index contributed by atoms with van der Waals surface area (Å²) in [5.74, 6) is 0.676. The van der Waals surface area contributed by atoms with Crippen molar-refractivity contribution >= 4 is 11.6 Å². The summed E-state index contributed by atoms with van der Waals surface area (Å²) in [6, 6.07) is 9.86. The number of carbonyl (C=O) groups is 1. The van der Waals surface area contributed by atoms with Gasteiger partial charge >= 0.3 is 0 Å². The highest BCUT2D eigenvalue weighted by Crippen LogP contribution is 2.19. The number of amides is 1. The zero-order valence-corrected chi connectivity index (χ0v) is 14.7. The van der Waals surface area contributed by atoms with E-state index >= 15 is 0 Å². The van der Waals surface area contributed by atoms with E-state index in [-0.39, 0.29) is 11.7 Å². The molecule has 2 aromatic rings. The van der Waals surface area contributed by atoms with Crippen LogP contribution in [0.15, 0.2) is 48.8 Å². The number of nitrogens with one attached hydrogen (secondary N) is 1. The third-order valence-electron chi connectivity index (χ3n) is 4.49. The van der Waals surface area contributed by atoms with Crippen LogP contribution in [0.25, 0.3) is 0 Å². The standard InChI is InChI=1S/C20H24FN3O2/c21-17-5-1-7-19(12-17)26-15-16-4-3-10-24(14-16)11-8-20(25)23-18-6-2-9-22-13-18/h1-2,5-7,9,12-13,16H,3-4,8,10-11,14-15H2,(H,23,25). The normalized spacial score (nSPS) is 17.7. The van der Waals surface area contributed by atoms with E-state index in [0.29, 0.717) is 24.7 Å². The van der Waals surface area contributed by atoms with E-state index in [1.165, 1.54) is 12.1 Å². The molecule has 1 saturated heterocycles. The number of piperidine rings is 1. The highest BCUT2D eigenvalue weighted by Gasteiger charge is 2.21. The number of hydrogen-bond acceptors (Lipinski definition) is 4. The van der Waals surface area contributed by atoms with Gasteiger partial charge in [0, 0.05) is 37.7 Å². The summed E-state index contributed by atoms with van der Waals surface area (Å²) in [7, 11) is 0. The average molecular weight is 357 g/mol. The van der Waals surface area contributed by atoms with Gasteiger partial charge in [0.05, 0.1) is 18.5 Å². The van der Waals surface area contributed by atoms with Crippen molar-refractivity contribution in [2.24, 2.45) is 5.92 Å². The van der Waals surface area contributed by atoms with Gasteiger partial charge in [-0.15, -0.1) is 0 Å². The second-order valence-electron chi connectivity index (χ2n) is 6.62. The third kappa shape index (κ3) is 5.81. The minimum absolute atomic E-state index is 0.00358. The van der Waals surface area contributed by atoms with Crippen molar-refractivity contribution in [3.63, 3.8) is 0 Å². The molecule has 5 nitrogen and oxygen atoms in total. The van der Waals surface area contributed by atoms with Gasteiger partial charge in [-0.05, 0) is 43.7 Å². The van der Waals surface area contributed by atoms with E-state index in [1.807, 2.05) is 6.07 Å². The summed E-state index contributed by atoms with van der Waals surface area (Å²) in [6.45, 7) is 3.19. The topological polar surface area (TPSA) is 54.5 Å². The number of aromatic nitrogens is 1. The number of likely N-dealkylation sites (tertiary alicyclic amines) is 1. The summed E-state index contributed by atoms with van der Waals surface area (Å²) in [5, 5.41) is 2.86. The maximum absolute atomic E-state index is 13.2. The highest BCUT2D eigenvalue weighted by molar-refractivity contribution is 5.90. The van der Waals surface area contributed by atoms with Gasteiger partial charge in [0.2, 0.25) is 5.91 Å². The predicted octanol–water partition coefficient (Wildman–Crippen LogP) is 3.34. The minimum Gasteiger partial charge on any atom is -0.493 e. The molecule has 138 valence electrons. The van der Waals surface area contributed by atoms with Crippen molar-refractivity contribution in [3.8, 4) is 5.75 Å². The van der Waals surface area contributed by atoms with Gasteiger partial charge in [-0.3, -0.25) is 9.78 Å². The Balaban J connectivity index is 1.40. The van der Waals surface area contributed by atoms with Gasteiger partial charge in [0.1, 0.15) is 11.6 Å². The van der Waals surface area contributed by atoms with Crippen LogP contribution in [0.4, 0.5) is 10.1 Å². The van der Waals surface area contributed by atoms with Crippen molar-refractivity contribution in [2.45, 2.75) is 19.3 Å². The van der Waals surface area contributed by atoms with Gasteiger partial charge in [0.25, 0.3) is 0 Å². The van der Waals surface area contributed by atoms with Gasteiger partial charge in [-0.1, -0.05) is 6.07 Å². The smallest absolute Gasteiger partial charge is 0.225 e. The van der Waals surface area contributed by atoms with E-state index in [9.17, 15) is 9.18 Å². The number of hydrogen-bond donors (Lipinski definition) is 1. The minimum atomic E-state index is -0.285. The second kappa shape index (κ2) is 9.29. The molecule has 1 aliphatic rings. The van der Waals surface area contributed by atoms with Gasteiger partial charge in [-0.25, -0.2) is 4.39 Å². The van der Waals surface area contributed by atoms with E-state index in [4.69, 9.17) is 4.74 Å². The van der Waals surface area contributed by atoms with Crippen molar-refractivity contribution in [1.82, 2.24) is 9.88 Å². The molecule has 1 atom stereocenters. The summed E-state index contributed by atoms with van der Waals surface area (Å²) in [6.07, 6.45) is 5.94. The van der Waals surface area contributed by atoms with Crippen LogP contribution < -0.4 is 10.1 Å². The quantitative estimate of drug-likeness (QED) is 0.826. The van der Waals surface area contributed by atoms with Crippen LogP contribution in [0.2, 0.25) is 0 Å². The molecule has 1 fully saturated rings. The first kappa shape index (κ1) is 18.3. The Kier molecular flexibility index (Phi) is 6.55. The van der Waals surface area contributed by atoms with Gasteiger partial charge in [0.15, 0.2) is 0 Å². The molecule has 0 spiro atoms. The number of carbonyl (C=O) groups excluding carboxylic acids is 1. The van der Waals surface area contributed by atoms with Gasteiger partial charge < -0.3 is 15.0 Å². The molecular formula is C20H24FN3O2. The molecule has 1 aromatic heterocycles. The Labute approximate surface area is 153 Å². The Hall–Kier alpha value is -2.47. The zero-order valence-electron chi connectivity index (χ0n) is 14.7. The molecule has 26 heavy (non-hydrogen) atoms. The van der Waals surface area contributed by atoms with Crippen LogP contribution in [0.5, 0.6) is 5.75 Å². The molecule has 1 N–H and O–H groups in total. The molecule has 1 aliphatic heterocycles. The molecule has 0 saturated carbocycles. The summed E-state index contributed by atoms with van der Waals surface area (Å²) in [5.41, 5.74) is 0.720. The first-order valence-electron chi connectivity index (χ1n) is 8.99. The zero-order chi connectivity index (χ0) is 18.2. The monoisotopic (exact) mass is 357 g/mol. The van der Waals surface area contributed by atoms with Gasteiger partial charge in [-0.2, -0.15) is 0 Å². The molecule has 1 aromatic carbocycles. The second-order valence-corrected chi connectivity index (χ2v) is 6.62. The molecule has 6 heteroatoms. The summed E-state index contributed by atoms with van der Waals surface area (Å²) < 4.78 is 18.9. The van der Waals surface area contributed by atoms with Crippen LogP contribution in [0.1, 0.15) is 19.3 Å². The maximum Gasteiger partial charge on any atom is 0.225 e. The largest absolute Gasteiger partial charge is 0.493 e. The molecule has 1 unspecified atom stereocenters. The Morgan fingerprint density at radius 1 is 1.35 bits per heavy atom. The lowest BCUT2D eigenvalue weighted by atomic mass is 9.99. The highest BCUT2D eigenvalue weighted by atomic mass is 19.1. The number of pyridine rings is 1. The maximum atomic E-state index is 13.2. The van der Waals surface area contributed by atoms with Crippen molar-refractivity contribution < 1.29 is 13.9 Å². The van der Waals surface area contributed by atoms with Crippen LogP contribution in [0.3, 0.4) is 0 Å². The number of halogens is 1. The summed E-state index contributed by atoms with van der Waals surface area (Å²) >= 11 is 0.